The Bertz CT molecular complexity index is 1610. The van der Waals surface area contributed by atoms with Gasteiger partial charge in [0.15, 0.2) is 0 Å². The number of fused-ring (bicyclic) bond motifs is 1. The van der Waals surface area contributed by atoms with Crippen LogP contribution >= 0.6 is 0 Å². The molecule has 0 spiro atoms. The average molecular weight is 548 g/mol. The van der Waals surface area contributed by atoms with Gasteiger partial charge < -0.3 is 9.47 Å². The maximum Gasteiger partial charge on any atom is 0.264 e. The smallest absolute Gasteiger partial charge is 0.264 e. The number of nitrogens with one attached hydrogen (secondary N) is 1. The van der Waals surface area contributed by atoms with Gasteiger partial charge in [-0.1, -0.05) is 36.4 Å². The third kappa shape index (κ3) is 5.31. The molecule has 204 valence electrons. The van der Waals surface area contributed by atoms with E-state index >= 15 is 0 Å². The summed E-state index contributed by atoms with van der Waals surface area (Å²) in [5.41, 5.74) is 2.03. The number of nitrogens with zero attached hydrogens (tertiary/aromatic N) is 2. The predicted octanol–water partition coefficient (Wildman–Crippen LogP) is 5.15. The molecule has 3 aromatic rings. The number of pyridine rings is 1. The van der Waals surface area contributed by atoms with Crippen LogP contribution in [0.15, 0.2) is 82.8 Å². The van der Waals surface area contributed by atoms with Gasteiger partial charge in [-0.05, 0) is 64.4 Å². The summed E-state index contributed by atoms with van der Waals surface area (Å²) in [5.74, 6) is -0.343. The van der Waals surface area contributed by atoms with Crippen molar-refractivity contribution in [2.75, 3.05) is 13.7 Å². The summed E-state index contributed by atoms with van der Waals surface area (Å²) < 4.78 is 41.0. The fourth-order valence-corrected chi connectivity index (χ4v) is 6.15. The van der Waals surface area contributed by atoms with Crippen LogP contribution in [-0.2, 0) is 25.0 Å². The highest BCUT2D eigenvalue weighted by Gasteiger charge is 2.64. The Hall–Kier alpha value is -3.98. The highest BCUT2D eigenvalue weighted by atomic mass is 32.2. The summed E-state index contributed by atoms with van der Waals surface area (Å²) in [6.45, 7) is 12.0. The van der Waals surface area contributed by atoms with Gasteiger partial charge in [0, 0.05) is 34.3 Å². The highest BCUT2D eigenvalue weighted by Crippen LogP contribution is 2.60. The number of benzene rings is 2. The monoisotopic (exact) mass is 547 g/mol. The molecule has 0 radical (unpaired) electrons. The summed E-state index contributed by atoms with van der Waals surface area (Å²) in [4.78, 5) is 22.9. The van der Waals surface area contributed by atoms with Crippen molar-refractivity contribution in [2.24, 2.45) is 10.9 Å². The van der Waals surface area contributed by atoms with E-state index in [1.54, 1.807) is 42.6 Å². The minimum Gasteiger partial charge on any atom is -0.496 e. The molecule has 0 unspecified atom stereocenters. The number of carbonyl (C=O) groups excluding carboxylic acids is 1. The van der Waals surface area contributed by atoms with Crippen LogP contribution in [0.3, 0.4) is 0 Å². The van der Waals surface area contributed by atoms with Gasteiger partial charge in [0.2, 0.25) is 11.8 Å². The third-order valence-corrected chi connectivity index (χ3v) is 8.26. The maximum absolute atomic E-state index is 14.1. The Kier molecular flexibility index (Phi) is 7.92. The first-order valence-corrected chi connectivity index (χ1v) is 14.2. The highest BCUT2D eigenvalue weighted by molar-refractivity contribution is 7.90. The van der Waals surface area contributed by atoms with Crippen LogP contribution in [0.4, 0.5) is 0 Å². The molecule has 2 aromatic carbocycles. The van der Waals surface area contributed by atoms with Crippen LogP contribution in [0.25, 0.3) is 10.9 Å². The average Bonchev–Trinajstić information content (AvgIpc) is 3.67. The van der Waals surface area contributed by atoms with E-state index in [9.17, 15) is 13.2 Å². The second-order valence-corrected chi connectivity index (χ2v) is 11.2. The maximum atomic E-state index is 14.1. The molecular weight excluding hydrogens is 514 g/mol. The van der Waals surface area contributed by atoms with E-state index in [2.05, 4.69) is 21.3 Å². The molecule has 0 aliphatic heterocycles. The summed E-state index contributed by atoms with van der Waals surface area (Å²) in [6, 6.07) is 13.8. The molecule has 1 saturated carbocycles. The molecule has 1 aromatic heterocycles. The van der Waals surface area contributed by atoms with Crippen LogP contribution in [0.2, 0.25) is 0 Å². The summed E-state index contributed by atoms with van der Waals surface area (Å²) in [5, 5.41) is 0.430. The Labute approximate surface area is 229 Å². The quantitative estimate of drug-likeness (QED) is 0.293. The number of carbonyl (C=O) groups is 1. The second kappa shape index (κ2) is 11.0. The number of sulfonamides is 1. The van der Waals surface area contributed by atoms with Crippen LogP contribution < -0.4 is 9.46 Å². The Morgan fingerprint density at radius 3 is 2.69 bits per heavy atom. The lowest BCUT2D eigenvalue weighted by atomic mass is 9.88. The van der Waals surface area contributed by atoms with Crippen molar-refractivity contribution >= 4 is 32.7 Å². The Morgan fingerprint density at radius 2 is 2.00 bits per heavy atom. The number of aliphatic imine (C=N–C) groups is 1. The van der Waals surface area contributed by atoms with Crippen LogP contribution in [0.5, 0.6) is 5.75 Å². The zero-order chi connectivity index (χ0) is 28.4. The molecule has 9 heteroatoms. The molecule has 1 aliphatic rings. The van der Waals surface area contributed by atoms with E-state index in [1.165, 1.54) is 13.2 Å². The second-order valence-electron chi connectivity index (χ2n) is 9.52. The molecule has 8 nitrogen and oxygen atoms in total. The van der Waals surface area contributed by atoms with Gasteiger partial charge in [-0.3, -0.25) is 9.78 Å². The van der Waals surface area contributed by atoms with E-state index in [0.717, 1.165) is 11.3 Å². The molecule has 1 heterocycles. The minimum absolute atomic E-state index is 0.0205. The lowest BCUT2D eigenvalue weighted by Crippen LogP contribution is -2.40. The van der Waals surface area contributed by atoms with Gasteiger partial charge in [0.1, 0.15) is 5.75 Å². The molecule has 1 N–H and O–H groups in total. The first-order valence-electron chi connectivity index (χ1n) is 12.7. The van der Waals surface area contributed by atoms with E-state index in [-0.39, 0.29) is 4.90 Å². The molecule has 39 heavy (non-hydrogen) atoms. The van der Waals surface area contributed by atoms with Crippen LogP contribution in [0.1, 0.15) is 37.1 Å². The molecule has 0 saturated heterocycles. The third-order valence-electron chi connectivity index (χ3n) is 6.87. The lowest BCUT2D eigenvalue weighted by Gasteiger charge is -2.22. The minimum atomic E-state index is -4.26. The summed E-state index contributed by atoms with van der Waals surface area (Å²) in [7, 11) is -2.74. The SMILES string of the molecule is C=C(C(=N/C=C\C)OCC)[C@@H]1C[C@]1(C(=O)NS(=O)(=O)c1cccc2nc(C)ccc12)c1cc(C)ccc1OC. The zero-order valence-corrected chi connectivity index (χ0v) is 23.6. The lowest BCUT2D eigenvalue weighted by molar-refractivity contribution is -0.122. The first-order chi connectivity index (χ1) is 18.6. The number of hydrogen-bond donors (Lipinski definition) is 1. The molecule has 0 bridgehead atoms. The summed E-state index contributed by atoms with van der Waals surface area (Å²) >= 11 is 0. The van der Waals surface area contributed by atoms with Gasteiger partial charge in [-0.25, -0.2) is 18.1 Å². The van der Waals surface area contributed by atoms with Crippen molar-refractivity contribution < 1.29 is 22.7 Å². The standard InChI is InChI=1S/C30H33N3O5S/c1-7-16-31-28(38-8-2)21(5)24-18-30(24,23-17-19(3)12-15-26(23)37-6)29(34)33-39(35,36)27-11-9-10-25-22(27)14-13-20(4)32-25/h7,9-17,24H,5,8,18H2,1-4,6H3,(H,33,34)/b16-7-,31-28?/t24-,30-/m0/s1. The van der Waals surface area contributed by atoms with Crippen molar-refractivity contribution in [2.45, 2.75) is 44.4 Å². The zero-order valence-electron chi connectivity index (χ0n) is 22.8. The molecule has 1 aliphatic carbocycles. The molecule has 2 atom stereocenters. The molecular formula is C30H33N3O5S. The van der Waals surface area contributed by atoms with Gasteiger partial charge in [0.05, 0.1) is 29.5 Å². The first kappa shape index (κ1) is 28.0. The van der Waals surface area contributed by atoms with Gasteiger partial charge in [0.25, 0.3) is 10.0 Å². The fraction of sp³-hybridized carbons (Fsp3) is 0.300. The van der Waals surface area contributed by atoms with Crippen molar-refractivity contribution in [1.29, 1.82) is 0 Å². The summed E-state index contributed by atoms with van der Waals surface area (Å²) in [6.07, 6.45) is 3.66. The van der Waals surface area contributed by atoms with Crippen molar-refractivity contribution in [3.05, 3.63) is 89.8 Å². The molecule has 1 amide bonds. The van der Waals surface area contributed by atoms with E-state index in [0.29, 0.717) is 46.7 Å². The number of aromatic nitrogens is 1. The number of allylic oxidation sites excluding steroid dienone is 1. The number of amides is 1. The number of rotatable bonds is 9. The van der Waals surface area contributed by atoms with E-state index in [1.807, 2.05) is 39.8 Å². The number of ether oxygens (including phenoxy) is 2. The van der Waals surface area contributed by atoms with E-state index < -0.39 is 27.3 Å². The van der Waals surface area contributed by atoms with Crippen molar-refractivity contribution in [1.82, 2.24) is 9.71 Å². The number of hydrogen-bond acceptors (Lipinski definition) is 7. The van der Waals surface area contributed by atoms with Crippen molar-refractivity contribution in [3.63, 3.8) is 0 Å². The van der Waals surface area contributed by atoms with E-state index in [4.69, 9.17) is 9.47 Å². The largest absolute Gasteiger partial charge is 0.496 e. The molecule has 1 fully saturated rings. The van der Waals surface area contributed by atoms with Gasteiger partial charge >= 0.3 is 0 Å². The number of methoxy groups -OCH3 is 1. The normalized spacial score (nSPS) is 19.2. The van der Waals surface area contributed by atoms with Crippen molar-refractivity contribution in [3.8, 4) is 5.75 Å². The van der Waals surface area contributed by atoms with Gasteiger partial charge in [-0.15, -0.1) is 0 Å². The topological polar surface area (TPSA) is 107 Å². The fourth-order valence-electron chi connectivity index (χ4n) is 4.90. The Balaban J connectivity index is 1.80. The molecule has 4 rings (SSSR count). The number of aryl methyl sites for hydroxylation is 2. The predicted molar refractivity (Wildman–Crippen MR) is 152 cm³/mol. The Morgan fingerprint density at radius 1 is 1.23 bits per heavy atom. The van der Waals surface area contributed by atoms with Crippen LogP contribution in [0, 0.1) is 19.8 Å². The van der Waals surface area contributed by atoms with Gasteiger partial charge in [-0.2, -0.15) is 0 Å². The van der Waals surface area contributed by atoms with Crippen LogP contribution in [-0.4, -0.2) is 38.9 Å².